The number of hydrogen-bond acceptors (Lipinski definition) is 6. The second kappa shape index (κ2) is 9.31. The molecule has 5 rings (SSSR count). The van der Waals surface area contributed by atoms with Crippen LogP contribution in [0.4, 0.5) is 5.69 Å². The molecule has 33 heavy (non-hydrogen) atoms. The molecule has 0 amide bonds. The summed E-state index contributed by atoms with van der Waals surface area (Å²) >= 11 is 8.06. The molecule has 0 bridgehead atoms. The zero-order chi connectivity index (χ0) is 22.9. The summed E-state index contributed by atoms with van der Waals surface area (Å²) in [6.07, 6.45) is 8.49. The number of halogens is 1. The van der Waals surface area contributed by atoms with E-state index in [0.717, 1.165) is 47.4 Å². The van der Waals surface area contributed by atoms with Crippen molar-refractivity contribution in [2.75, 3.05) is 4.72 Å². The van der Waals surface area contributed by atoms with E-state index in [4.69, 9.17) is 20.9 Å². The maximum Gasteiger partial charge on any atom is 0.335 e. The number of ether oxygens (including phenoxy) is 1. The molecule has 6 nitrogen and oxygen atoms in total. The van der Waals surface area contributed by atoms with Gasteiger partial charge in [0.15, 0.2) is 0 Å². The van der Waals surface area contributed by atoms with E-state index in [1.54, 1.807) is 18.3 Å². The molecule has 8 heteroatoms. The van der Waals surface area contributed by atoms with Crippen molar-refractivity contribution in [3.63, 3.8) is 0 Å². The van der Waals surface area contributed by atoms with Gasteiger partial charge in [-0.3, -0.25) is 0 Å². The van der Waals surface area contributed by atoms with Crippen LogP contribution in [-0.2, 0) is 0 Å². The van der Waals surface area contributed by atoms with E-state index >= 15 is 0 Å². The first-order chi connectivity index (χ1) is 16.0. The summed E-state index contributed by atoms with van der Waals surface area (Å²) < 4.78 is 15.0. The number of anilines is 1. The Morgan fingerprint density at radius 2 is 1.97 bits per heavy atom. The van der Waals surface area contributed by atoms with Crippen LogP contribution in [0.25, 0.3) is 11.1 Å². The van der Waals surface area contributed by atoms with E-state index in [9.17, 15) is 9.90 Å². The van der Waals surface area contributed by atoms with Gasteiger partial charge >= 0.3 is 5.97 Å². The summed E-state index contributed by atoms with van der Waals surface area (Å²) in [6, 6.07) is 9.17. The van der Waals surface area contributed by atoms with E-state index < -0.39 is 5.97 Å². The highest BCUT2D eigenvalue weighted by Gasteiger charge is 2.27. The van der Waals surface area contributed by atoms with Crippen LogP contribution in [0.1, 0.15) is 66.1 Å². The van der Waals surface area contributed by atoms with Gasteiger partial charge in [-0.15, -0.1) is 0 Å². The summed E-state index contributed by atoms with van der Waals surface area (Å²) in [5.74, 6) is 0.942. The molecule has 3 aromatic rings. The summed E-state index contributed by atoms with van der Waals surface area (Å²) in [5, 5.41) is 13.9. The van der Waals surface area contributed by atoms with Crippen LogP contribution < -0.4 is 9.46 Å². The number of carboxylic acids is 1. The molecule has 2 aromatic carbocycles. The minimum atomic E-state index is -0.929. The molecule has 2 fully saturated rings. The number of hydrogen-bond donors (Lipinski definition) is 2. The molecule has 2 aliphatic rings. The van der Waals surface area contributed by atoms with Crippen LogP contribution in [0.15, 0.2) is 45.9 Å². The highest BCUT2D eigenvalue weighted by molar-refractivity contribution is 8.00. The van der Waals surface area contributed by atoms with Crippen molar-refractivity contribution in [2.45, 2.75) is 62.4 Å². The fourth-order valence-corrected chi connectivity index (χ4v) is 5.45. The van der Waals surface area contributed by atoms with Gasteiger partial charge in [-0.2, -0.15) is 0 Å². The first kappa shape index (κ1) is 22.2. The minimum absolute atomic E-state index is 0.173. The Balaban J connectivity index is 1.48. The Bertz CT molecular complexity index is 1190. The van der Waals surface area contributed by atoms with Crippen molar-refractivity contribution >= 4 is 35.2 Å². The normalized spacial score (nSPS) is 16.2. The number of aromatic nitrogens is 1. The first-order valence-corrected chi connectivity index (χ1v) is 12.4. The molecule has 1 aromatic heterocycles. The average Bonchev–Trinajstić information content (AvgIpc) is 3.35. The van der Waals surface area contributed by atoms with Gasteiger partial charge in [-0.05, 0) is 87.1 Å². The van der Waals surface area contributed by atoms with Gasteiger partial charge in [0.05, 0.1) is 28.6 Å². The third kappa shape index (κ3) is 4.84. The molecule has 0 spiro atoms. The van der Waals surface area contributed by atoms with Crippen molar-refractivity contribution in [1.82, 2.24) is 5.16 Å². The van der Waals surface area contributed by atoms with E-state index in [1.807, 2.05) is 25.1 Å². The average molecular weight is 485 g/mol. The summed E-state index contributed by atoms with van der Waals surface area (Å²) in [6.45, 7) is 1.85. The van der Waals surface area contributed by atoms with Gasteiger partial charge in [-0.1, -0.05) is 22.8 Å². The molecule has 1 heterocycles. The highest BCUT2D eigenvalue weighted by Crippen LogP contribution is 2.46. The number of carboxylic acid groups (broad SMARTS) is 1. The number of nitrogens with one attached hydrogen (secondary N) is 1. The van der Waals surface area contributed by atoms with Crippen molar-refractivity contribution in [2.24, 2.45) is 0 Å². The summed E-state index contributed by atoms with van der Waals surface area (Å²) in [7, 11) is 0. The molecule has 172 valence electrons. The Kier molecular flexibility index (Phi) is 6.25. The Morgan fingerprint density at radius 3 is 2.64 bits per heavy atom. The lowest BCUT2D eigenvalue weighted by Gasteiger charge is -2.19. The van der Waals surface area contributed by atoms with Gasteiger partial charge in [0.25, 0.3) is 0 Å². The molecular formula is C25H25ClN2O4S. The monoisotopic (exact) mass is 484 g/mol. The second-order valence-corrected chi connectivity index (χ2v) is 9.94. The number of aromatic carboxylic acids is 1. The Morgan fingerprint density at radius 1 is 1.18 bits per heavy atom. The third-order valence-corrected chi connectivity index (χ3v) is 7.46. The van der Waals surface area contributed by atoms with E-state index in [1.165, 1.54) is 30.4 Å². The number of benzene rings is 2. The quantitative estimate of drug-likeness (QED) is 0.324. The molecule has 2 N–H and O–H groups in total. The number of aryl methyl sites for hydroxylation is 1. The predicted molar refractivity (Wildman–Crippen MR) is 129 cm³/mol. The van der Waals surface area contributed by atoms with Crippen LogP contribution in [0.5, 0.6) is 5.75 Å². The van der Waals surface area contributed by atoms with Crippen molar-refractivity contribution in [3.8, 4) is 16.9 Å². The van der Waals surface area contributed by atoms with Gasteiger partial charge in [0.1, 0.15) is 11.5 Å². The van der Waals surface area contributed by atoms with Gasteiger partial charge in [0, 0.05) is 22.1 Å². The van der Waals surface area contributed by atoms with Crippen LogP contribution in [0.2, 0.25) is 5.02 Å². The first-order valence-electron chi connectivity index (χ1n) is 11.2. The fourth-order valence-electron chi connectivity index (χ4n) is 4.28. The zero-order valence-corrected chi connectivity index (χ0v) is 19.8. The number of nitrogens with zero attached hydrogens (tertiary/aromatic N) is 1. The molecule has 0 atom stereocenters. The van der Waals surface area contributed by atoms with Gasteiger partial charge in [-0.25, -0.2) is 4.79 Å². The Hall–Kier alpha value is -2.64. The van der Waals surface area contributed by atoms with Crippen LogP contribution in [-0.4, -0.2) is 22.3 Å². The van der Waals surface area contributed by atoms with E-state index in [-0.39, 0.29) is 11.7 Å². The maximum atomic E-state index is 11.5. The lowest BCUT2D eigenvalue weighted by molar-refractivity contribution is 0.0696. The SMILES string of the molecule is Cc1oncc1-c1cc(NSc2cc(C(=O)O)ccc2C2CC2)c(OC2CCCC2)cc1Cl. The standard InChI is InChI=1S/C25H25ClN2O4S/c1-14-20(13-27-32-14)19-11-22(23(12-21(19)26)31-17-4-2-3-5-17)28-33-24-10-16(25(29)30)8-9-18(24)15-6-7-15/h8-13,15,17,28H,2-7H2,1H3,(H,29,30). The lowest BCUT2D eigenvalue weighted by Crippen LogP contribution is -2.12. The second-order valence-electron chi connectivity index (χ2n) is 8.68. The topological polar surface area (TPSA) is 84.6 Å². The molecular weight excluding hydrogens is 460 g/mol. The molecule has 2 aliphatic carbocycles. The van der Waals surface area contributed by atoms with E-state index in [0.29, 0.717) is 22.5 Å². The van der Waals surface area contributed by atoms with Crippen LogP contribution in [0, 0.1) is 6.92 Å². The van der Waals surface area contributed by atoms with Gasteiger partial charge < -0.3 is 19.1 Å². The molecule has 0 aliphatic heterocycles. The number of rotatable bonds is 8. The van der Waals surface area contributed by atoms with Crippen LogP contribution >= 0.6 is 23.5 Å². The lowest BCUT2D eigenvalue weighted by atomic mass is 10.1. The van der Waals surface area contributed by atoms with Crippen LogP contribution in [0.3, 0.4) is 0 Å². The summed E-state index contributed by atoms with van der Waals surface area (Å²) in [4.78, 5) is 12.5. The molecule has 0 saturated heterocycles. The number of carbonyl (C=O) groups is 1. The zero-order valence-electron chi connectivity index (χ0n) is 18.3. The molecule has 2 saturated carbocycles. The predicted octanol–water partition coefficient (Wildman–Crippen LogP) is 7.32. The van der Waals surface area contributed by atoms with Crippen molar-refractivity contribution < 1.29 is 19.2 Å². The largest absolute Gasteiger partial charge is 0.488 e. The highest BCUT2D eigenvalue weighted by atomic mass is 35.5. The Labute approximate surface area is 201 Å². The van der Waals surface area contributed by atoms with Crippen molar-refractivity contribution in [1.29, 1.82) is 0 Å². The maximum absolute atomic E-state index is 11.5. The third-order valence-electron chi connectivity index (χ3n) is 6.25. The molecule has 0 radical (unpaired) electrons. The fraction of sp³-hybridized carbons (Fsp3) is 0.360. The van der Waals surface area contributed by atoms with E-state index in [2.05, 4.69) is 9.88 Å². The smallest absolute Gasteiger partial charge is 0.335 e. The van der Waals surface area contributed by atoms with Crippen molar-refractivity contribution in [3.05, 3.63) is 58.4 Å². The van der Waals surface area contributed by atoms with Gasteiger partial charge in [0.2, 0.25) is 0 Å². The minimum Gasteiger partial charge on any atom is -0.488 e. The summed E-state index contributed by atoms with van der Waals surface area (Å²) in [5.41, 5.74) is 3.88. The molecule has 0 unspecified atom stereocenters.